The van der Waals surface area contributed by atoms with Crippen molar-refractivity contribution in [2.45, 2.75) is 30.2 Å². The summed E-state index contributed by atoms with van der Waals surface area (Å²) >= 11 is 0. The summed E-state index contributed by atoms with van der Waals surface area (Å²) in [4.78, 5) is 22.4. The first-order valence-electron chi connectivity index (χ1n) is 6.55. The zero-order chi connectivity index (χ0) is 15.2. The van der Waals surface area contributed by atoms with Gasteiger partial charge in [-0.3, -0.25) is 9.59 Å². The highest BCUT2D eigenvalue weighted by molar-refractivity contribution is 7.89. The fraction of sp³-hybridized carbons (Fsp3) is 0.385. The maximum atomic E-state index is 12.3. The molecular formula is C13H14N2O5S. The number of amides is 1. The fourth-order valence-electron chi connectivity index (χ4n) is 2.39. The number of hydrogen-bond acceptors (Lipinski definition) is 4. The van der Waals surface area contributed by atoms with Crippen LogP contribution in [0.25, 0.3) is 0 Å². The molecule has 21 heavy (non-hydrogen) atoms. The van der Waals surface area contributed by atoms with Gasteiger partial charge in [-0.2, -0.15) is 4.72 Å². The second-order valence-electron chi connectivity index (χ2n) is 5.32. The molecule has 1 atom stereocenters. The van der Waals surface area contributed by atoms with Crippen molar-refractivity contribution in [1.29, 1.82) is 0 Å². The molecule has 1 fully saturated rings. The van der Waals surface area contributed by atoms with Gasteiger partial charge < -0.3 is 10.4 Å². The van der Waals surface area contributed by atoms with Gasteiger partial charge in [0.25, 0.3) is 0 Å². The number of benzene rings is 1. The first-order chi connectivity index (χ1) is 9.87. The number of aliphatic carboxylic acids is 1. The molecule has 8 heteroatoms. The molecule has 1 heterocycles. The van der Waals surface area contributed by atoms with E-state index in [0.717, 1.165) is 0 Å². The van der Waals surface area contributed by atoms with E-state index in [4.69, 9.17) is 5.11 Å². The Bertz CT molecular complexity index is 724. The lowest BCUT2D eigenvalue weighted by molar-refractivity contribution is -0.139. The third-order valence-electron chi connectivity index (χ3n) is 3.65. The minimum atomic E-state index is -3.92. The van der Waals surface area contributed by atoms with Gasteiger partial charge in [0.2, 0.25) is 15.9 Å². The van der Waals surface area contributed by atoms with Crippen molar-refractivity contribution >= 4 is 27.6 Å². The van der Waals surface area contributed by atoms with Crippen molar-refractivity contribution < 1.29 is 23.1 Å². The van der Waals surface area contributed by atoms with Crippen LogP contribution in [0, 0.1) is 5.92 Å². The molecule has 3 rings (SSSR count). The van der Waals surface area contributed by atoms with Crippen molar-refractivity contribution in [3.05, 3.63) is 23.8 Å². The Morgan fingerprint density at radius 1 is 1.38 bits per heavy atom. The minimum absolute atomic E-state index is 0.0235. The van der Waals surface area contributed by atoms with Crippen molar-refractivity contribution in [2.75, 3.05) is 5.32 Å². The average molecular weight is 310 g/mol. The summed E-state index contributed by atoms with van der Waals surface area (Å²) in [6.07, 6.45) is 1.55. The van der Waals surface area contributed by atoms with E-state index >= 15 is 0 Å². The Kier molecular flexibility index (Phi) is 3.22. The summed E-state index contributed by atoms with van der Waals surface area (Å²) in [5.74, 6) is -1.50. The second kappa shape index (κ2) is 4.81. The molecule has 1 aliphatic carbocycles. The molecule has 0 bridgehead atoms. The lowest BCUT2D eigenvalue weighted by atomic mass is 10.2. The van der Waals surface area contributed by atoms with Gasteiger partial charge in [-0.05, 0) is 42.5 Å². The van der Waals surface area contributed by atoms with Crippen molar-refractivity contribution in [3.63, 3.8) is 0 Å². The van der Waals surface area contributed by atoms with E-state index in [2.05, 4.69) is 10.0 Å². The number of fused-ring (bicyclic) bond motifs is 1. The van der Waals surface area contributed by atoms with E-state index in [0.29, 0.717) is 24.1 Å². The quantitative estimate of drug-likeness (QED) is 0.725. The smallest absolute Gasteiger partial charge is 0.322 e. The largest absolute Gasteiger partial charge is 0.480 e. The molecule has 0 radical (unpaired) electrons. The maximum Gasteiger partial charge on any atom is 0.322 e. The van der Waals surface area contributed by atoms with Gasteiger partial charge in [-0.1, -0.05) is 0 Å². The molecule has 1 unspecified atom stereocenters. The van der Waals surface area contributed by atoms with Gasteiger partial charge in [-0.15, -0.1) is 0 Å². The third-order valence-corrected chi connectivity index (χ3v) is 5.09. The van der Waals surface area contributed by atoms with Crippen molar-refractivity contribution in [1.82, 2.24) is 4.72 Å². The monoisotopic (exact) mass is 310 g/mol. The minimum Gasteiger partial charge on any atom is -0.480 e. The summed E-state index contributed by atoms with van der Waals surface area (Å²) in [6, 6.07) is 3.18. The highest BCUT2D eigenvalue weighted by atomic mass is 32.2. The molecule has 1 saturated carbocycles. The van der Waals surface area contributed by atoms with E-state index in [1.54, 1.807) is 0 Å². The van der Waals surface area contributed by atoms with Crippen LogP contribution in [0.15, 0.2) is 23.1 Å². The molecule has 0 aromatic heterocycles. The Morgan fingerprint density at radius 2 is 2.10 bits per heavy atom. The molecule has 2 aliphatic rings. The zero-order valence-corrected chi connectivity index (χ0v) is 11.8. The Hall–Kier alpha value is -1.93. The van der Waals surface area contributed by atoms with E-state index in [-0.39, 0.29) is 23.1 Å². The van der Waals surface area contributed by atoms with Crippen LogP contribution < -0.4 is 10.0 Å². The van der Waals surface area contributed by atoms with E-state index in [9.17, 15) is 18.0 Å². The van der Waals surface area contributed by atoms with Crippen molar-refractivity contribution in [3.8, 4) is 0 Å². The Morgan fingerprint density at radius 3 is 2.71 bits per heavy atom. The number of carboxylic acids is 1. The number of carbonyl (C=O) groups excluding carboxylic acids is 1. The summed E-state index contributed by atoms with van der Waals surface area (Å²) in [6.45, 7) is 0. The summed E-state index contributed by atoms with van der Waals surface area (Å²) in [5.41, 5.74) is 1.19. The number of rotatable bonds is 5. The zero-order valence-electron chi connectivity index (χ0n) is 11.0. The molecule has 0 spiro atoms. The fourth-order valence-corrected chi connectivity index (χ4v) is 3.69. The predicted octanol–water partition coefficient (Wildman–Crippen LogP) is 0.323. The van der Waals surface area contributed by atoms with E-state index < -0.39 is 22.0 Å². The van der Waals surface area contributed by atoms with Crippen LogP contribution in [0.1, 0.15) is 18.4 Å². The summed E-state index contributed by atoms with van der Waals surface area (Å²) in [7, 11) is -3.92. The molecule has 7 nitrogen and oxygen atoms in total. The Labute approximate surface area is 121 Å². The van der Waals surface area contributed by atoms with Gasteiger partial charge in [0, 0.05) is 5.69 Å². The van der Waals surface area contributed by atoms with Gasteiger partial charge in [-0.25, -0.2) is 8.42 Å². The molecule has 112 valence electrons. The molecular weight excluding hydrogens is 296 g/mol. The highest BCUT2D eigenvalue weighted by Crippen LogP contribution is 2.34. The number of anilines is 1. The van der Waals surface area contributed by atoms with Crippen LogP contribution in [-0.4, -0.2) is 31.4 Å². The summed E-state index contributed by atoms with van der Waals surface area (Å²) in [5, 5.41) is 11.7. The standard InChI is InChI=1S/C13H14N2O5S/c16-11-6-8-5-9(3-4-10(8)14-11)21(19,20)15-12(13(17)18)7-1-2-7/h3-5,7,12,15H,1-2,6H2,(H,14,16)(H,17,18). The first-order valence-corrected chi connectivity index (χ1v) is 8.03. The van der Waals surface area contributed by atoms with Crippen LogP contribution in [0.3, 0.4) is 0 Å². The molecule has 1 aromatic rings. The number of carboxylic acid groups (broad SMARTS) is 1. The second-order valence-corrected chi connectivity index (χ2v) is 7.03. The van der Waals surface area contributed by atoms with Gasteiger partial charge in [0.15, 0.2) is 0 Å². The highest BCUT2D eigenvalue weighted by Gasteiger charge is 2.39. The van der Waals surface area contributed by atoms with Crippen LogP contribution in [-0.2, 0) is 26.0 Å². The number of hydrogen-bond donors (Lipinski definition) is 3. The SMILES string of the molecule is O=C1Cc2cc(S(=O)(=O)NC(C(=O)O)C3CC3)ccc2N1. The molecule has 3 N–H and O–H groups in total. The third kappa shape index (κ3) is 2.77. The maximum absolute atomic E-state index is 12.3. The average Bonchev–Trinajstić information content (AvgIpc) is 3.16. The van der Waals surface area contributed by atoms with Gasteiger partial charge >= 0.3 is 5.97 Å². The van der Waals surface area contributed by atoms with Crippen molar-refractivity contribution in [2.24, 2.45) is 5.92 Å². The topological polar surface area (TPSA) is 113 Å². The molecule has 1 aromatic carbocycles. The van der Waals surface area contributed by atoms with E-state index in [1.165, 1.54) is 18.2 Å². The number of carbonyl (C=O) groups is 2. The molecule has 1 aliphatic heterocycles. The normalized spacial score (nSPS) is 19.0. The van der Waals surface area contributed by atoms with Crippen LogP contribution in [0.5, 0.6) is 0 Å². The van der Waals surface area contributed by atoms with Gasteiger partial charge in [0.05, 0.1) is 11.3 Å². The first kappa shape index (κ1) is 14.0. The number of sulfonamides is 1. The number of nitrogens with one attached hydrogen (secondary N) is 2. The van der Waals surface area contributed by atoms with E-state index in [1.807, 2.05) is 0 Å². The lowest BCUT2D eigenvalue weighted by Gasteiger charge is -2.14. The Balaban J connectivity index is 1.87. The van der Waals surface area contributed by atoms with Crippen LogP contribution in [0.4, 0.5) is 5.69 Å². The van der Waals surface area contributed by atoms with Crippen LogP contribution in [0.2, 0.25) is 0 Å². The predicted molar refractivity (Wildman–Crippen MR) is 73.2 cm³/mol. The lowest BCUT2D eigenvalue weighted by Crippen LogP contribution is -2.42. The van der Waals surface area contributed by atoms with Gasteiger partial charge in [0.1, 0.15) is 6.04 Å². The summed E-state index contributed by atoms with van der Waals surface area (Å²) < 4.78 is 26.8. The van der Waals surface area contributed by atoms with Crippen LogP contribution >= 0.6 is 0 Å². The molecule has 1 amide bonds. The molecule has 0 saturated heterocycles.